The fourth-order valence-corrected chi connectivity index (χ4v) is 2.48. The van der Waals surface area contributed by atoms with Crippen molar-refractivity contribution in [3.63, 3.8) is 0 Å². The minimum atomic E-state index is -0.426. The van der Waals surface area contributed by atoms with Crippen molar-refractivity contribution in [3.05, 3.63) is 21.9 Å². The van der Waals surface area contributed by atoms with E-state index in [1.54, 1.807) is 16.2 Å². The second-order valence-electron chi connectivity index (χ2n) is 5.26. The van der Waals surface area contributed by atoms with Gasteiger partial charge >= 0.3 is 0 Å². The summed E-state index contributed by atoms with van der Waals surface area (Å²) in [5.41, 5.74) is 6.73. The highest BCUT2D eigenvalue weighted by Crippen LogP contribution is 2.16. The summed E-state index contributed by atoms with van der Waals surface area (Å²) in [6, 6.07) is 2.12. The van der Waals surface area contributed by atoms with Crippen molar-refractivity contribution >= 4 is 17.2 Å². The molecule has 0 fully saturated rings. The maximum atomic E-state index is 11.9. The Labute approximate surface area is 108 Å². The third-order valence-electron chi connectivity index (χ3n) is 2.68. The van der Waals surface area contributed by atoms with Crippen LogP contribution in [0.4, 0.5) is 0 Å². The molecule has 4 heteroatoms. The van der Waals surface area contributed by atoms with Gasteiger partial charge in [0.2, 0.25) is 5.91 Å². The fraction of sp³-hybridized carbons (Fsp3) is 0.615. The van der Waals surface area contributed by atoms with E-state index in [2.05, 4.69) is 18.4 Å². The predicted molar refractivity (Wildman–Crippen MR) is 73.3 cm³/mol. The van der Waals surface area contributed by atoms with Gasteiger partial charge in [-0.05, 0) is 44.2 Å². The van der Waals surface area contributed by atoms with Crippen LogP contribution in [0.5, 0.6) is 0 Å². The van der Waals surface area contributed by atoms with Crippen LogP contribution in [0.1, 0.15) is 30.7 Å². The minimum Gasteiger partial charge on any atom is -0.345 e. The van der Waals surface area contributed by atoms with Crippen molar-refractivity contribution in [2.24, 2.45) is 5.73 Å². The molecule has 1 rings (SSSR count). The summed E-state index contributed by atoms with van der Waals surface area (Å²) in [6.45, 7) is 6.62. The predicted octanol–water partition coefficient (Wildman–Crippen LogP) is 2.18. The largest absolute Gasteiger partial charge is 0.345 e. The number of hydrogen-bond acceptors (Lipinski definition) is 3. The summed E-state index contributed by atoms with van der Waals surface area (Å²) in [7, 11) is 1.84. The molecule has 3 nitrogen and oxygen atoms in total. The highest BCUT2D eigenvalue weighted by Gasteiger charge is 2.19. The summed E-state index contributed by atoms with van der Waals surface area (Å²) >= 11 is 1.75. The van der Waals surface area contributed by atoms with Gasteiger partial charge in [-0.25, -0.2) is 0 Å². The van der Waals surface area contributed by atoms with E-state index in [1.807, 2.05) is 20.9 Å². The monoisotopic (exact) mass is 254 g/mol. The van der Waals surface area contributed by atoms with Crippen molar-refractivity contribution < 1.29 is 4.79 Å². The minimum absolute atomic E-state index is 0.117. The van der Waals surface area contributed by atoms with Crippen LogP contribution < -0.4 is 5.73 Å². The van der Waals surface area contributed by atoms with Gasteiger partial charge in [0.05, 0.1) is 0 Å². The topological polar surface area (TPSA) is 46.3 Å². The SMILES string of the molecule is Cc1ccsc1CCN(C)C(=O)CC(C)(C)N. The molecule has 96 valence electrons. The van der Waals surface area contributed by atoms with E-state index in [-0.39, 0.29) is 5.91 Å². The second-order valence-corrected chi connectivity index (χ2v) is 6.26. The molecule has 0 spiro atoms. The first-order chi connectivity index (χ1) is 7.79. The maximum Gasteiger partial charge on any atom is 0.224 e. The summed E-state index contributed by atoms with van der Waals surface area (Å²) in [5, 5.41) is 2.09. The van der Waals surface area contributed by atoms with Gasteiger partial charge in [0.1, 0.15) is 0 Å². The molecule has 0 radical (unpaired) electrons. The molecule has 1 aromatic heterocycles. The number of thiophene rings is 1. The number of amides is 1. The molecule has 0 saturated heterocycles. The van der Waals surface area contributed by atoms with E-state index in [0.717, 1.165) is 13.0 Å². The van der Waals surface area contributed by atoms with E-state index >= 15 is 0 Å². The van der Waals surface area contributed by atoms with Crippen LogP contribution in [0.3, 0.4) is 0 Å². The van der Waals surface area contributed by atoms with Gasteiger partial charge in [-0.15, -0.1) is 11.3 Å². The van der Waals surface area contributed by atoms with Crippen molar-refractivity contribution in [1.82, 2.24) is 4.90 Å². The number of rotatable bonds is 5. The van der Waals surface area contributed by atoms with Crippen LogP contribution in [-0.2, 0) is 11.2 Å². The average molecular weight is 254 g/mol. The zero-order valence-corrected chi connectivity index (χ0v) is 11.9. The van der Waals surface area contributed by atoms with Crippen LogP contribution in [0.25, 0.3) is 0 Å². The van der Waals surface area contributed by atoms with Gasteiger partial charge in [-0.2, -0.15) is 0 Å². The Kier molecular flexibility index (Phi) is 4.71. The molecule has 1 aromatic rings. The third-order valence-corrected chi connectivity index (χ3v) is 3.76. The van der Waals surface area contributed by atoms with E-state index in [4.69, 9.17) is 5.73 Å². The number of nitrogens with two attached hydrogens (primary N) is 1. The Balaban J connectivity index is 2.42. The van der Waals surface area contributed by atoms with Crippen LogP contribution >= 0.6 is 11.3 Å². The lowest BCUT2D eigenvalue weighted by Gasteiger charge is -2.23. The highest BCUT2D eigenvalue weighted by atomic mass is 32.1. The molecule has 0 aliphatic rings. The Morgan fingerprint density at radius 2 is 2.18 bits per heavy atom. The molecule has 0 unspecified atom stereocenters. The molecular weight excluding hydrogens is 232 g/mol. The summed E-state index contributed by atoms with van der Waals surface area (Å²) < 4.78 is 0. The third kappa shape index (κ3) is 4.88. The zero-order valence-electron chi connectivity index (χ0n) is 11.1. The van der Waals surface area contributed by atoms with Gasteiger partial charge in [0.25, 0.3) is 0 Å². The zero-order chi connectivity index (χ0) is 13.1. The van der Waals surface area contributed by atoms with Crippen molar-refractivity contribution in [2.45, 2.75) is 39.2 Å². The van der Waals surface area contributed by atoms with E-state index < -0.39 is 5.54 Å². The molecule has 0 aliphatic heterocycles. The summed E-state index contributed by atoms with van der Waals surface area (Å²) in [4.78, 5) is 15.0. The molecule has 0 aromatic carbocycles. The average Bonchev–Trinajstić information content (AvgIpc) is 2.57. The van der Waals surface area contributed by atoms with E-state index in [1.165, 1.54) is 10.4 Å². The van der Waals surface area contributed by atoms with Crippen LogP contribution in [-0.4, -0.2) is 29.9 Å². The lowest BCUT2D eigenvalue weighted by molar-refractivity contribution is -0.130. The molecular formula is C13H22N2OS. The van der Waals surface area contributed by atoms with Gasteiger partial charge in [-0.1, -0.05) is 0 Å². The van der Waals surface area contributed by atoms with Gasteiger partial charge < -0.3 is 10.6 Å². The molecule has 1 amide bonds. The highest BCUT2D eigenvalue weighted by molar-refractivity contribution is 7.10. The van der Waals surface area contributed by atoms with Crippen molar-refractivity contribution in [3.8, 4) is 0 Å². The molecule has 0 atom stereocenters. The number of hydrogen-bond donors (Lipinski definition) is 1. The Bertz CT molecular complexity index is 379. The van der Waals surface area contributed by atoms with Crippen LogP contribution in [0.2, 0.25) is 0 Å². The summed E-state index contributed by atoms with van der Waals surface area (Å²) in [6.07, 6.45) is 1.32. The molecule has 0 bridgehead atoms. The standard InChI is InChI=1S/C13H22N2OS/c1-10-6-8-17-11(10)5-7-15(4)12(16)9-13(2,3)14/h6,8H,5,7,9,14H2,1-4H3. The molecule has 17 heavy (non-hydrogen) atoms. The Morgan fingerprint density at radius 1 is 1.53 bits per heavy atom. The van der Waals surface area contributed by atoms with E-state index in [0.29, 0.717) is 6.42 Å². The van der Waals surface area contributed by atoms with Gasteiger partial charge in [0.15, 0.2) is 0 Å². The maximum absolute atomic E-state index is 11.9. The van der Waals surface area contributed by atoms with Crippen LogP contribution in [0.15, 0.2) is 11.4 Å². The Hall–Kier alpha value is -0.870. The molecule has 0 aliphatic carbocycles. The van der Waals surface area contributed by atoms with Crippen LogP contribution in [0, 0.1) is 6.92 Å². The number of nitrogens with zero attached hydrogens (tertiary/aromatic N) is 1. The van der Waals surface area contributed by atoms with Crippen molar-refractivity contribution in [2.75, 3.05) is 13.6 Å². The first-order valence-corrected chi connectivity index (χ1v) is 6.73. The first kappa shape index (κ1) is 14.2. The fourth-order valence-electron chi connectivity index (χ4n) is 1.58. The van der Waals surface area contributed by atoms with Gasteiger partial charge in [0, 0.05) is 30.4 Å². The first-order valence-electron chi connectivity index (χ1n) is 5.85. The Morgan fingerprint density at radius 3 is 2.65 bits per heavy atom. The lowest BCUT2D eigenvalue weighted by atomic mass is 10.0. The lowest BCUT2D eigenvalue weighted by Crippen LogP contribution is -2.40. The molecule has 0 saturated carbocycles. The summed E-state index contributed by atoms with van der Waals surface area (Å²) in [5.74, 6) is 0.117. The quantitative estimate of drug-likeness (QED) is 0.875. The van der Waals surface area contributed by atoms with E-state index in [9.17, 15) is 4.79 Å². The normalized spacial score (nSPS) is 11.6. The number of carbonyl (C=O) groups excluding carboxylic acids is 1. The second kappa shape index (κ2) is 5.65. The van der Waals surface area contributed by atoms with Crippen molar-refractivity contribution in [1.29, 1.82) is 0 Å². The molecule has 2 N–H and O–H groups in total. The number of aryl methyl sites for hydroxylation is 1. The number of carbonyl (C=O) groups is 1. The van der Waals surface area contributed by atoms with Gasteiger partial charge in [-0.3, -0.25) is 4.79 Å². The number of likely N-dealkylation sites (N-methyl/N-ethyl adjacent to an activating group) is 1. The molecule has 1 heterocycles. The smallest absolute Gasteiger partial charge is 0.224 e.